The first-order valence-electron chi connectivity index (χ1n) is 5.92. The van der Waals surface area contributed by atoms with E-state index in [2.05, 4.69) is 6.92 Å². The van der Waals surface area contributed by atoms with Crippen molar-refractivity contribution >= 4 is 0 Å². The molecule has 2 aliphatic rings. The molecule has 0 radical (unpaired) electrons. The van der Waals surface area contributed by atoms with E-state index in [4.69, 9.17) is 4.74 Å². The highest BCUT2D eigenvalue weighted by Gasteiger charge is 2.40. The average Bonchev–Trinajstić information content (AvgIpc) is 2.74. The van der Waals surface area contributed by atoms with E-state index in [-0.39, 0.29) is 0 Å². The predicted molar refractivity (Wildman–Crippen MR) is 54.7 cm³/mol. The minimum Gasteiger partial charge on any atom is -0.381 e. The standard InChI is InChI=1S/C12H22O/c1-2-13-10-11-5-8-12(9-11)6-3-4-7-12/h11H,2-10H2,1H3. The van der Waals surface area contributed by atoms with Gasteiger partial charge >= 0.3 is 0 Å². The lowest BCUT2D eigenvalue weighted by Gasteiger charge is -2.22. The van der Waals surface area contributed by atoms with Crippen LogP contribution in [0.3, 0.4) is 0 Å². The van der Waals surface area contributed by atoms with Crippen molar-refractivity contribution in [2.45, 2.75) is 51.9 Å². The van der Waals surface area contributed by atoms with Gasteiger partial charge in [0.2, 0.25) is 0 Å². The maximum atomic E-state index is 5.52. The molecule has 0 aromatic rings. The molecule has 0 N–H and O–H groups in total. The number of ether oxygens (including phenoxy) is 1. The molecule has 1 heteroatoms. The van der Waals surface area contributed by atoms with E-state index < -0.39 is 0 Å². The molecule has 2 rings (SSSR count). The van der Waals surface area contributed by atoms with Crippen LogP contribution in [0, 0.1) is 11.3 Å². The van der Waals surface area contributed by atoms with Gasteiger partial charge in [-0.05, 0) is 50.4 Å². The summed E-state index contributed by atoms with van der Waals surface area (Å²) in [6.07, 6.45) is 10.4. The van der Waals surface area contributed by atoms with Crippen molar-refractivity contribution in [3.8, 4) is 0 Å². The molecular weight excluding hydrogens is 160 g/mol. The third kappa shape index (κ3) is 2.07. The molecule has 0 amide bonds. The lowest BCUT2D eigenvalue weighted by molar-refractivity contribution is 0.107. The lowest BCUT2D eigenvalue weighted by Crippen LogP contribution is -2.13. The van der Waals surface area contributed by atoms with Crippen molar-refractivity contribution in [2.24, 2.45) is 11.3 Å². The summed E-state index contributed by atoms with van der Waals surface area (Å²) in [6, 6.07) is 0. The van der Waals surface area contributed by atoms with Crippen molar-refractivity contribution in [3.63, 3.8) is 0 Å². The summed E-state index contributed by atoms with van der Waals surface area (Å²) in [5, 5.41) is 0. The van der Waals surface area contributed by atoms with E-state index in [0.717, 1.165) is 24.5 Å². The molecule has 1 spiro atoms. The van der Waals surface area contributed by atoms with Gasteiger partial charge in [0.1, 0.15) is 0 Å². The zero-order valence-electron chi connectivity index (χ0n) is 8.85. The molecule has 0 aliphatic heterocycles. The molecule has 2 saturated carbocycles. The van der Waals surface area contributed by atoms with Gasteiger partial charge in [-0.1, -0.05) is 12.8 Å². The summed E-state index contributed by atoms with van der Waals surface area (Å²) in [5.41, 5.74) is 0.780. The second-order valence-corrected chi connectivity index (χ2v) is 4.98. The number of hydrogen-bond donors (Lipinski definition) is 0. The van der Waals surface area contributed by atoms with Crippen LogP contribution < -0.4 is 0 Å². The Balaban J connectivity index is 1.79. The van der Waals surface area contributed by atoms with Gasteiger partial charge in [0.15, 0.2) is 0 Å². The third-order valence-electron chi connectivity index (χ3n) is 4.03. The van der Waals surface area contributed by atoms with Gasteiger partial charge < -0.3 is 4.74 Å². The van der Waals surface area contributed by atoms with Crippen LogP contribution in [-0.4, -0.2) is 13.2 Å². The normalized spacial score (nSPS) is 31.6. The van der Waals surface area contributed by atoms with Gasteiger partial charge in [-0.3, -0.25) is 0 Å². The van der Waals surface area contributed by atoms with E-state index in [1.807, 2.05) is 0 Å². The van der Waals surface area contributed by atoms with E-state index >= 15 is 0 Å². The molecule has 2 fully saturated rings. The van der Waals surface area contributed by atoms with Crippen LogP contribution in [0.5, 0.6) is 0 Å². The van der Waals surface area contributed by atoms with Crippen LogP contribution in [0.15, 0.2) is 0 Å². The minimum atomic E-state index is 0.780. The zero-order valence-corrected chi connectivity index (χ0v) is 8.85. The van der Waals surface area contributed by atoms with Crippen LogP contribution >= 0.6 is 0 Å². The van der Waals surface area contributed by atoms with Crippen molar-refractivity contribution < 1.29 is 4.74 Å². The molecule has 76 valence electrons. The molecule has 1 atom stereocenters. The lowest BCUT2D eigenvalue weighted by atomic mass is 9.84. The Morgan fingerprint density at radius 1 is 1.23 bits per heavy atom. The Bertz CT molecular complexity index is 159. The van der Waals surface area contributed by atoms with Gasteiger partial charge in [0, 0.05) is 13.2 Å². The Morgan fingerprint density at radius 3 is 2.69 bits per heavy atom. The van der Waals surface area contributed by atoms with Crippen molar-refractivity contribution in [3.05, 3.63) is 0 Å². The predicted octanol–water partition coefficient (Wildman–Crippen LogP) is 3.38. The van der Waals surface area contributed by atoms with Crippen molar-refractivity contribution in [1.82, 2.24) is 0 Å². The van der Waals surface area contributed by atoms with Crippen molar-refractivity contribution in [2.75, 3.05) is 13.2 Å². The van der Waals surface area contributed by atoms with Crippen LogP contribution in [0.4, 0.5) is 0 Å². The number of hydrogen-bond acceptors (Lipinski definition) is 1. The van der Waals surface area contributed by atoms with Gasteiger partial charge in [0.05, 0.1) is 0 Å². The molecule has 1 nitrogen and oxygen atoms in total. The molecule has 0 heterocycles. The highest BCUT2D eigenvalue weighted by Crippen LogP contribution is 2.52. The van der Waals surface area contributed by atoms with E-state index in [1.165, 1.54) is 44.9 Å². The summed E-state index contributed by atoms with van der Waals surface area (Å²) >= 11 is 0. The Morgan fingerprint density at radius 2 is 2.00 bits per heavy atom. The first-order valence-corrected chi connectivity index (χ1v) is 5.92. The summed E-state index contributed by atoms with van der Waals surface area (Å²) in [7, 11) is 0. The Labute approximate surface area is 81.9 Å². The molecule has 13 heavy (non-hydrogen) atoms. The van der Waals surface area contributed by atoms with Crippen molar-refractivity contribution in [1.29, 1.82) is 0 Å². The molecule has 0 aromatic carbocycles. The van der Waals surface area contributed by atoms with Crippen LogP contribution in [0.1, 0.15) is 51.9 Å². The maximum Gasteiger partial charge on any atom is 0.0494 e. The minimum absolute atomic E-state index is 0.780. The quantitative estimate of drug-likeness (QED) is 0.650. The summed E-state index contributed by atoms with van der Waals surface area (Å²) in [4.78, 5) is 0. The van der Waals surface area contributed by atoms with Crippen LogP contribution in [-0.2, 0) is 4.74 Å². The van der Waals surface area contributed by atoms with Gasteiger partial charge in [-0.2, -0.15) is 0 Å². The van der Waals surface area contributed by atoms with Gasteiger partial charge in [-0.15, -0.1) is 0 Å². The summed E-state index contributed by atoms with van der Waals surface area (Å²) in [5.74, 6) is 0.887. The van der Waals surface area contributed by atoms with Crippen LogP contribution in [0.25, 0.3) is 0 Å². The fraction of sp³-hybridized carbons (Fsp3) is 1.00. The van der Waals surface area contributed by atoms with Gasteiger partial charge in [-0.25, -0.2) is 0 Å². The second kappa shape index (κ2) is 4.00. The molecular formula is C12H22O. The van der Waals surface area contributed by atoms with Gasteiger partial charge in [0.25, 0.3) is 0 Å². The van der Waals surface area contributed by atoms with E-state index in [0.29, 0.717) is 0 Å². The molecule has 2 aliphatic carbocycles. The Kier molecular flexibility index (Phi) is 2.92. The third-order valence-corrected chi connectivity index (χ3v) is 4.03. The Hall–Kier alpha value is -0.0400. The monoisotopic (exact) mass is 182 g/mol. The summed E-state index contributed by atoms with van der Waals surface area (Å²) < 4.78 is 5.52. The SMILES string of the molecule is CCOCC1CCC2(CCCC2)C1. The number of rotatable bonds is 3. The topological polar surface area (TPSA) is 9.23 Å². The first-order chi connectivity index (χ1) is 6.35. The smallest absolute Gasteiger partial charge is 0.0494 e. The molecule has 0 aromatic heterocycles. The molecule has 0 saturated heterocycles. The summed E-state index contributed by atoms with van der Waals surface area (Å²) in [6.45, 7) is 4.02. The fourth-order valence-electron chi connectivity index (χ4n) is 3.33. The first kappa shape index (κ1) is 9.51. The fourth-order valence-corrected chi connectivity index (χ4v) is 3.33. The zero-order chi connectivity index (χ0) is 9.15. The molecule has 0 bridgehead atoms. The highest BCUT2D eigenvalue weighted by molar-refractivity contribution is 4.92. The van der Waals surface area contributed by atoms with E-state index in [9.17, 15) is 0 Å². The molecule has 1 unspecified atom stereocenters. The average molecular weight is 182 g/mol. The van der Waals surface area contributed by atoms with Crippen LogP contribution in [0.2, 0.25) is 0 Å². The second-order valence-electron chi connectivity index (χ2n) is 4.98. The van der Waals surface area contributed by atoms with E-state index in [1.54, 1.807) is 0 Å². The largest absolute Gasteiger partial charge is 0.381 e. The highest BCUT2D eigenvalue weighted by atomic mass is 16.5. The maximum absolute atomic E-state index is 5.52.